The lowest BCUT2D eigenvalue weighted by Gasteiger charge is -2.17. The number of alkyl halides is 3. The molecule has 0 saturated carbocycles. The van der Waals surface area contributed by atoms with E-state index in [2.05, 4.69) is 5.32 Å². The maximum absolute atomic E-state index is 12.7. The summed E-state index contributed by atoms with van der Waals surface area (Å²) in [7, 11) is 0. The van der Waals surface area contributed by atoms with Crippen LogP contribution in [-0.2, 0) is 11.0 Å². The van der Waals surface area contributed by atoms with E-state index in [0.29, 0.717) is 31.5 Å². The number of carbonyl (C=O) groups is 1. The first-order chi connectivity index (χ1) is 9.40. The van der Waals surface area contributed by atoms with Crippen molar-refractivity contribution in [3.05, 3.63) is 35.4 Å². The quantitative estimate of drug-likeness (QED) is 0.791. The molecular weight excluding hydrogens is 269 g/mol. The van der Waals surface area contributed by atoms with Crippen molar-refractivity contribution >= 4 is 5.91 Å². The molecule has 0 aromatic heterocycles. The summed E-state index contributed by atoms with van der Waals surface area (Å²) in [6.07, 6.45) is -3.31. The fourth-order valence-electron chi connectivity index (χ4n) is 1.94. The van der Waals surface area contributed by atoms with Gasteiger partial charge < -0.3 is 11.1 Å². The lowest BCUT2D eigenvalue weighted by Crippen LogP contribution is -2.31. The molecule has 1 aromatic rings. The fourth-order valence-corrected chi connectivity index (χ4v) is 1.94. The second-order valence-corrected chi connectivity index (χ2v) is 4.52. The van der Waals surface area contributed by atoms with Gasteiger partial charge in [0.05, 0.1) is 11.5 Å². The van der Waals surface area contributed by atoms with Crippen molar-refractivity contribution in [3.8, 4) is 0 Å². The molecule has 1 unspecified atom stereocenters. The van der Waals surface area contributed by atoms with Gasteiger partial charge in [0.2, 0.25) is 5.91 Å². The average molecular weight is 288 g/mol. The van der Waals surface area contributed by atoms with Gasteiger partial charge in [0.25, 0.3) is 0 Å². The summed E-state index contributed by atoms with van der Waals surface area (Å²) >= 11 is 0. The van der Waals surface area contributed by atoms with E-state index >= 15 is 0 Å². The Balaban J connectivity index is 2.87. The van der Waals surface area contributed by atoms with Crippen LogP contribution in [0.4, 0.5) is 13.2 Å². The van der Waals surface area contributed by atoms with Gasteiger partial charge in [-0.3, -0.25) is 4.79 Å². The summed E-state index contributed by atoms with van der Waals surface area (Å²) in [5.74, 6) is -0.838. The molecule has 0 aliphatic carbocycles. The number of benzene rings is 1. The lowest BCUT2D eigenvalue weighted by molar-refractivity contribution is -0.137. The molecule has 0 saturated heterocycles. The highest BCUT2D eigenvalue weighted by Crippen LogP contribution is 2.31. The van der Waals surface area contributed by atoms with Crippen molar-refractivity contribution in [2.24, 2.45) is 5.73 Å². The van der Waals surface area contributed by atoms with E-state index in [0.717, 1.165) is 12.1 Å². The largest absolute Gasteiger partial charge is 0.416 e. The smallest absolute Gasteiger partial charge is 0.356 e. The molecule has 112 valence electrons. The highest BCUT2D eigenvalue weighted by Gasteiger charge is 2.31. The number of hydrogen-bond donors (Lipinski definition) is 2. The predicted molar refractivity (Wildman–Crippen MR) is 71.2 cm³/mol. The summed E-state index contributed by atoms with van der Waals surface area (Å²) in [6, 6.07) is 4.92. The van der Waals surface area contributed by atoms with Crippen LogP contribution in [0, 0.1) is 0 Å². The van der Waals surface area contributed by atoms with E-state index in [1.165, 1.54) is 6.07 Å². The molecule has 1 atom stereocenters. The van der Waals surface area contributed by atoms with Gasteiger partial charge in [-0.05, 0) is 31.0 Å². The summed E-state index contributed by atoms with van der Waals surface area (Å²) in [4.78, 5) is 12.0. The first-order valence-electron chi connectivity index (χ1n) is 6.55. The van der Waals surface area contributed by atoms with Crippen molar-refractivity contribution < 1.29 is 18.0 Å². The van der Waals surface area contributed by atoms with Crippen LogP contribution in [0.5, 0.6) is 0 Å². The molecule has 0 fully saturated rings. The standard InChI is InChI=1S/C14H19F3N2O/c1-2-12(13(20)19-8-4-7-18)10-5-3-6-11(9-10)14(15,16)17/h3,5-6,9,12H,2,4,7-8,18H2,1H3,(H,19,20). The molecule has 0 bridgehead atoms. The van der Waals surface area contributed by atoms with E-state index in [4.69, 9.17) is 5.73 Å². The number of carbonyl (C=O) groups excluding carboxylic acids is 1. The van der Waals surface area contributed by atoms with Crippen LogP contribution in [0.15, 0.2) is 24.3 Å². The summed E-state index contributed by atoms with van der Waals surface area (Å²) in [6.45, 7) is 2.67. The van der Waals surface area contributed by atoms with Gasteiger partial charge in [-0.1, -0.05) is 25.1 Å². The predicted octanol–water partition coefficient (Wildman–Crippen LogP) is 2.66. The van der Waals surface area contributed by atoms with Crippen LogP contribution in [0.1, 0.15) is 36.8 Å². The van der Waals surface area contributed by atoms with Gasteiger partial charge in [-0.15, -0.1) is 0 Å². The third kappa shape index (κ3) is 4.52. The van der Waals surface area contributed by atoms with Crippen molar-refractivity contribution in [3.63, 3.8) is 0 Å². The van der Waals surface area contributed by atoms with E-state index in [1.807, 2.05) is 0 Å². The second kappa shape index (κ2) is 7.28. The first-order valence-corrected chi connectivity index (χ1v) is 6.55. The second-order valence-electron chi connectivity index (χ2n) is 4.52. The van der Waals surface area contributed by atoms with Crippen molar-refractivity contribution in [2.45, 2.75) is 31.9 Å². The maximum Gasteiger partial charge on any atom is 0.416 e. The summed E-state index contributed by atoms with van der Waals surface area (Å²) < 4.78 is 38.0. The zero-order valence-electron chi connectivity index (χ0n) is 11.3. The Bertz CT molecular complexity index is 446. The SMILES string of the molecule is CCC(C(=O)NCCCN)c1cccc(C(F)(F)F)c1. The van der Waals surface area contributed by atoms with Crippen molar-refractivity contribution in [1.29, 1.82) is 0 Å². The normalized spacial score (nSPS) is 13.1. The minimum absolute atomic E-state index is 0.264. The van der Waals surface area contributed by atoms with Gasteiger partial charge in [0, 0.05) is 6.54 Å². The molecule has 1 aromatic carbocycles. The topological polar surface area (TPSA) is 55.1 Å². The van der Waals surface area contributed by atoms with Crippen molar-refractivity contribution in [1.82, 2.24) is 5.32 Å². The van der Waals surface area contributed by atoms with Gasteiger partial charge in [0.15, 0.2) is 0 Å². The van der Waals surface area contributed by atoms with Crippen LogP contribution in [0.2, 0.25) is 0 Å². The van der Waals surface area contributed by atoms with Crippen LogP contribution < -0.4 is 11.1 Å². The zero-order valence-corrected chi connectivity index (χ0v) is 11.3. The highest BCUT2D eigenvalue weighted by atomic mass is 19.4. The van der Waals surface area contributed by atoms with E-state index in [1.54, 1.807) is 13.0 Å². The number of halogens is 3. The molecule has 0 radical (unpaired) electrons. The van der Waals surface area contributed by atoms with E-state index in [-0.39, 0.29) is 5.91 Å². The van der Waals surface area contributed by atoms with Gasteiger partial charge in [-0.25, -0.2) is 0 Å². The van der Waals surface area contributed by atoms with Gasteiger partial charge in [0.1, 0.15) is 0 Å². The molecule has 1 amide bonds. The molecule has 3 N–H and O–H groups in total. The molecule has 3 nitrogen and oxygen atoms in total. The molecule has 0 aliphatic rings. The van der Waals surface area contributed by atoms with E-state index < -0.39 is 17.7 Å². The Hall–Kier alpha value is -1.56. The first kappa shape index (κ1) is 16.5. The Morgan fingerprint density at radius 3 is 2.65 bits per heavy atom. The van der Waals surface area contributed by atoms with Gasteiger partial charge in [-0.2, -0.15) is 13.2 Å². The fraction of sp³-hybridized carbons (Fsp3) is 0.500. The number of hydrogen-bond acceptors (Lipinski definition) is 2. The number of amides is 1. The Labute approximate surface area is 116 Å². The summed E-state index contributed by atoms with van der Waals surface area (Å²) in [5, 5.41) is 2.69. The van der Waals surface area contributed by atoms with Crippen LogP contribution in [-0.4, -0.2) is 19.0 Å². The molecule has 6 heteroatoms. The zero-order chi connectivity index (χ0) is 15.2. The minimum Gasteiger partial charge on any atom is -0.356 e. The molecule has 0 heterocycles. The van der Waals surface area contributed by atoms with Crippen LogP contribution in [0.25, 0.3) is 0 Å². The number of nitrogens with two attached hydrogens (primary N) is 1. The van der Waals surface area contributed by atoms with E-state index in [9.17, 15) is 18.0 Å². The highest BCUT2D eigenvalue weighted by molar-refractivity contribution is 5.83. The molecular formula is C14H19F3N2O. The Morgan fingerprint density at radius 1 is 1.40 bits per heavy atom. The Morgan fingerprint density at radius 2 is 2.10 bits per heavy atom. The maximum atomic E-state index is 12.7. The minimum atomic E-state index is -4.40. The number of rotatable bonds is 6. The monoisotopic (exact) mass is 288 g/mol. The van der Waals surface area contributed by atoms with Crippen LogP contribution in [0.3, 0.4) is 0 Å². The molecule has 0 spiro atoms. The number of nitrogens with one attached hydrogen (secondary N) is 1. The third-order valence-corrected chi connectivity index (χ3v) is 3.02. The Kier molecular flexibility index (Phi) is 6.01. The third-order valence-electron chi connectivity index (χ3n) is 3.02. The molecule has 20 heavy (non-hydrogen) atoms. The lowest BCUT2D eigenvalue weighted by atomic mass is 9.94. The van der Waals surface area contributed by atoms with Gasteiger partial charge >= 0.3 is 6.18 Å². The molecule has 0 aliphatic heterocycles. The molecule has 1 rings (SSSR count). The average Bonchev–Trinajstić information content (AvgIpc) is 2.39. The summed E-state index contributed by atoms with van der Waals surface area (Å²) in [5.41, 5.74) is 4.97. The van der Waals surface area contributed by atoms with Crippen LogP contribution >= 0.6 is 0 Å². The van der Waals surface area contributed by atoms with Crippen molar-refractivity contribution in [2.75, 3.05) is 13.1 Å².